The van der Waals surface area contributed by atoms with Crippen LogP contribution in [0.25, 0.3) is 5.76 Å². The maximum atomic E-state index is 13.1. The van der Waals surface area contributed by atoms with E-state index >= 15 is 0 Å². The van der Waals surface area contributed by atoms with Crippen LogP contribution in [0, 0.1) is 0 Å². The molecule has 0 spiro atoms. The highest BCUT2D eigenvalue weighted by Crippen LogP contribution is 2.39. The zero-order valence-corrected chi connectivity index (χ0v) is 17.8. The third kappa shape index (κ3) is 4.25. The first-order valence-electron chi connectivity index (χ1n) is 10.6. The van der Waals surface area contributed by atoms with Crippen molar-refractivity contribution in [2.24, 2.45) is 0 Å². The number of likely N-dealkylation sites (tertiary alicyclic amines) is 1. The number of benzene rings is 2. The van der Waals surface area contributed by atoms with Crippen molar-refractivity contribution in [2.75, 3.05) is 13.2 Å². The smallest absolute Gasteiger partial charge is 0.295 e. The van der Waals surface area contributed by atoms with E-state index in [0.29, 0.717) is 36.4 Å². The normalized spacial score (nSPS) is 17.5. The topological polar surface area (TPSA) is 79.7 Å². The van der Waals surface area contributed by atoms with Gasteiger partial charge in [0.1, 0.15) is 11.5 Å². The molecule has 1 aliphatic heterocycles. The number of amides is 1. The van der Waals surface area contributed by atoms with Gasteiger partial charge in [-0.1, -0.05) is 48.5 Å². The van der Waals surface area contributed by atoms with Gasteiger partial charge in [-0.05, 0) is 42.7 Å². The van der Waals surface area contributed by atoms with Gasteiger partial charge in [-0.15, -0.1) is 0 Å². The second-order valence-corrected chi connectivity index (χ2v) is 7.48. The summed E-state index contributed by atoms with van der Waals surface area (Å²) in [5.74, 6) is -0.975. The minimum absolute atomic E-state index is 0.0599. The SMILES string of the molecule is CCOc1cccc(/C(O)=C2\C(=O)C(=O)N(CCc3ccccc3)C2c2cccnc2)c1. The van der Waals surface area contributed by atoms with Gasteiger partial charge in [-0.25, -0.2) is 0 Å². The molecule has 0 bridgehead atoms. The number of carbonyl (C=O) groups excluding carboxylic acids is 2. The fourth-order valence-corrected chi connectivity index (χ4v) is 3.94. The van der Waals surface area contributed by atoms with Gasteiger partial charge in [0.2, 0.25) is 0 Å². The number of rotatable bonds is 7. The first-order valence-corrected chi connectivity index (χ1v) is 10.6. The molecule has 3 aromatic rings. The number of pyridine rings is 1. The van der Waals surface area contributed by atoms with Gasteiger partial charge in [-0.3, -0.25) is 14.6 Å². The van der Waals surface area contributed by atoms with Crippen LogP contribution >= 0.6 is 0 Å². The molecule has 2 aromatic carbocycles. The molecule has 1 fully saturated rings. The molecule has 0 aliphatic carbocycles. The monoisotopic (exact) mass is 428 g/mol. The summed E-state index contributed by atoms with van der Waals surface area (Å²) in [5, 5.41) is 11.1. The first kappa shape index (κ1) is 21.3. The van der Waals surface area contributed by atoms with Crippen LogP contribution in [0.2, 0.25) is 0 Å². The molecule has 1 unspecified atom stereocenters. The minimum atomic E-state index is -0.719. The zero-order valence-electron chi connectivity index (χ0n) is 17.8. The van der Waals surface area contributed by atoms with E-state index in [1.54, 1.807) is 42.7 Å². The van der Waals surface area contributed by atoms with Crippen LogP contribution in [0.1, 0.15) is 29.7 Å². The van der Waals surface area contributed by atoms with Crippen molar-refractivity contribution in [1.29, 1.82) is 0 Å². The summed E-state index contributed by atoms with van der Waals surface area (Å²) >= 11 is 0. The Hall–Kier alpha value is -3.93. The molecular weight excluding hydrogens is 404 g/mol. The number of hydrogen-bond acceptors (Lipinski definition) is 5. The van der Waals surface area contributed by atoms with E-state index in [1.807, 2.05) is 43.3 Å². The second-order valence-electron chi connectivity index (χ2n) is 7.48. The summed E-state index contributed by atoms with van der Waals surface area (Å²) in [6.45, 7) is 2.68. The Balaban J connectivity index is 1.76. The van der Waals surface area contributed by atoms with Crippen molar-refractivity contribution in [3.05, 3.63) is 101 Å². The molecule has 1 amide bonds. The van der Waals surface area contributed by atoms with E-state index in [0.717, 1.165) is 5.56 Å². The second kappa shape index (κ2) is 9.47. The van der Waals surface area contributed by atoms with Crippen molar-refractivity contribution in [3.8, 4) is 5.75 Å². The van der Waals surface area contributed by atoms with Gasteiger partial charge < -0.3 is 14.7 Å². The number of carbonyl (C=O) groups is 2. The molecule has 4 rings (SSSR count). The number of ketones is 1. The predicted molar refractivity (Wildman–Crippen MR) is 121 cm³/mol. The first-order chi connectivity index (χ1) is 15.6. The Morgan fingerprint density at radius 3 is 2.59 bits per heavy atom. The van der Waals surface area contributed by atoms with E-state index < -0.39 is 17.7 Å². The third-order valence-electron chi connectivity index (χ3n) is 5.44. The summed E-state index contributed by atoms with van der Waals surface area (Å²) in [6.07, 6.45) is 3.84. The van der Waals surface area contributed by atoms with Gasteiger partial charge in [-0.2, -0.15) is 0 Å². The van der Waals surface area contributed by atoms with E-state index in [4.69, 9.17) is 4.74 Å². The van der Waals surface area contributed by atoms with E-state index in [1.165, 1.54) is 4.90 Å². The Bertz CT molecular complexity index is 1140. The van der Waals surface area contributed by atoms with Crippen molar-refractivity contribution in [2.45, 2.75) is 19.4 Å². The number of aliphatic hydroxyl groups excluding tert-OH is 1. The van der Waals surface area contributed by atoms with Gasteiger partial charge in [0.25, 0.3) is 11.7 Å². The lowest BCUT2D eigenvalue weighted by Crippen LogP contribution is -2.31. The van der Waals surface area contributed by atoms with Gasteiger partial charge >= 0.3 is 0 Å². The molecule has 2 heterocycles. The molecule has 6 nitrogen and oxygen atoms in total. The standard InChI is InChI=1S/C26H24N2O4/c1-2-32-21-12-6-10-19(16-21)24(29)22-23(20-11-7-14-27-17-20)28(26(31)25(22)30)15-13-18-8-4-3-5-9-18/h3-12,14,16-17,23,29H,2,13,15H2,1H3/b24-22+. The molecule has 1 aliphatic rings. The maximum absolute atomic E-state index is 13.1. The Labute approximate surface area is 186 Å². The average Bonchev–Trinajstić information content (AvgIpc) is 3.09. The Morgan fingerprint density at radius 2 is 1.88 bits per heavy atom. The lowest BCUT2D eigenvalue weighted by atomic mass is 9.96. The van der Waals surface area contributed by atoms with E-state index in [-0.39, 0.29) is 11.3 Å². The fourth-order valence-electron chi connectivity index (χ4n) is 3.94. The van der Waals surface area contributed by atoms with Crippen LogP contribution in [0.5, 0.6) is 5.75 Å². The Morgan fingerprint density at radius 1 is 1.06 bits per heavy atom. The highest BCUT2D eigenvalue weighted by Gasteiger charge is 2.45. The summed E-state index contributed by atoms with van der Waals surface area (Å²) < 4.78 is 5.52. The van der Waals surface area contributed by atoms with E-state index in [9.17, 15) is 14.7 Å². The molecule has 0 radical (unpaired) electrons. The molecule has 1 aromatic heterocycles. The molecule has 32 heavy (non-hydrogen) atoms. The van der Waals surface area contributed by atoms with Crippen molar-refractivity contribution in [3.63, 3.8) is 0 Å². The van der Waals surface area contributed by atoms with Gasteiger partial charge in [0.05, 0.1) is 18.2 Å². The lowest BCUT2D eigenvalue weighted by Gasteiger charge is -2.25. The summed E-state index contributed by atoms with van der Waals surface area (Å²) in [7, 11) is 0. The number of nitrogens with zero attached hydrogens (tertiary/aromatic N) is 2. The van der Waals surface area contributed by atoms with Crippen LogP contribution in [-0.4, -0.2) is 39.8 Å². The van der Waals surface area contributed by atoms with Crippen LogP contribution in [0.4, 0.5) is 0 Å². The zero-order chi connectivity index (χ0) is 22.5. The highest BCUT2D eigenvalue weighted by atomic mass is 16.5. The lowest BCUT2D eigenvalue weighted by molar-refractivity contribution is -0.139. The highest BCUT2D eigenvalue weighted by molar-refractivity contribution is 6.46. The Kier molecular flexibility index (Phi) is 6.31. The van der Waals surface area contributed by atoms with E-state index in [2.05, 4.69) is 4.98 Å². The number of ether oxygens (including phenoxy) is 1. The minimum Gasteiger partial charge on any atom is -0.507 e. The predicted octanol–water partition coefficient (Wildman–Crippen LogP) is 4.14. The van der Waals surface area contributed by atoms with Crippen LogP contribution in [0.3, 0.4) is 0 Å². The molecule has 1 atom stereocenters. The third-order valence-corrected chi connectivity index (χ3v) is 5.44. The van der Waals surface area contributed by atoms with Gasteiger partial charge in [0.15, 0.2) is 0 Å². The fraction of sp³-hybridized carbons (Fsp3) is 0.192. The average molecular weight is 428 g/mol. The summed E-state index contributed by atoms with van der Waals surface area (Å²) in [4.78, 5) is 31.8. The molecule has 1 N–H and O–H groups in total. The number of hydrogen-bond donors (Lipinski definition) is 1. The van der Waals surface area contributed by atoms with Gasteiger partial charge in [0, 0.05) is 24.5 Å². The van der Waals surface area contributed by atoms with Crippen LogP contribution in [-0.2, 0) is 16.0 Å². The van der Waals surface area contributed by atoms with Crippen LogP contribution < -0.4 is 4.74 Å². The molecular formula is C26H24N2O4. The largest absolute Gasteiger partial charge is 0.507 e. The summed E-state index contributed by atoms with van der Waals surface area (Å²) in [5.41, 5.74) is 2.21. The summed E-state index contributed by atoms with van der Waals surface area (Å²) in [6, 6.07) is 19.5. The van der Waals surface area contributed by atoms with Crippen molar-refractivity contribution < 1.29 is 19.4 Å². The number of Topliss-reactive ketones (excluding diaryl/α,β-unsaturated/α-hetero) is 1. The molecule has 1 saturated heterocycles. The maximum Gasteiger partial charge on any atom is 0.295 e. The van der Waals surface area contributed by atoms with Crippen LogP contribution in [0.15, 0.2) is 84.7 Å². The van der Waals surface area contributed by atoms with Crippen molar-refractivity contribution in [1.82, 2.24) is 9.88 Å². The number of aromatic nitrogens is 1. The molecule has 162 valence electrons. The number of aliphatic hydroxyl groups is 1. The van der Waals surface area contributed by atoms with Crippen molar-refractivity contribution >= 4 is 17.4 Å². The molecule has 0 saturated carbocycles. The quantitative estimate of drug-likeness (QED) is 0.348. The molecule has 6 heteroatoms.